The van der Waals surface area contributed by atoms with Crippen molar-refractivity contribution in [2.45, 2.75) is 19.4 Å². The van der Waals surface area contributed by atoms with Gasteiger partial charge in [-0.2, -0.15) is 0 Å². The average Bonchev–Trinajstić information content (AvgIpc) is 2.45. The van der Waals surface area contributed by atoms with Crippen LogP contribution in [-0.2, 0) is 6.42 Å². The summed E-state index contributed by atoms with van der Waals surface area (Å²) in [7, 11) is 0. The van der Waals surface area contributed by atoms with Crippen molar-refractivity contribution in [3.8, 4) is 0 Å². The lowest BCUT2D eigenvalue weighted by molar-refractivity contribution is 0.276. The minimum atomic E-state index is -0.173. The second-order valence-electron chi connectivity index (χ2n) is 4.14. The monoisotopic (exact) mass is 321 g/mol. The van der Waals surface area contributed by atoms with Gasteiger partial charge >= 0.3 is 0 Å². The molecule has 2 aromatic rings. The van der Waals surface area contributed by atoms with Gasteiger partial charge in [0.25, 0.3) is 0 Å². The molecule has 0 saturated carbocycles. The molecule has 0 aliphatic rings. The van der Waals surface area contributed by atoms with Crippen LogP contribution in [-0.4, -0.2) is 21.7 Å². The number of nitrogens with one attached hydrogen (secondary N) is 1. The number of aliphatic hydroxyl groups excluding tert-OH is 1. The summed E-state index contributed by atoms with van der Waals surface area (Å²) >= 11 is 3.37. The summed E-state index contributed by atoms with van der Waals surface area (Å²) in [5.41, 5.74) is 1.03. The van der Waals surface area contributed by atoms with Crippen LogP contribution in [0.5, 0.6) is 0 Å². The van der Waals surface area contributed by atoms with Gasteiger partial charge in [0.05, 0.1) is 12.6 Å². The lowest BCUT2D eigenvalue weighted by atomic mass is 10.1. The molecule has 0 aliphatic carbocycles. The number of hydrogen-bond donors (Lipinski definition) is 2. The molecule has 5 heteroatoms. The number of hydrogen-bond acceptors (Lipinski definition) is 4. The molecule has 0 amide bonds. The van der Waals surface area contributed by atoms with Gasteiger partial charge in [-0.15, -0.1) is 0 Å². The van der Waals surface area contributed by atoms with Crippen LogP contribution in [0.25, 0.3) is 0 Å². The summed E-state index contributed by atoms with van der Waals surface area (Å²) in [4.78, 5) is 8.66. The maximum absolute atomic E-state index is 9.52. The van der Waals surface area contributed by atoms with Crippen molar-refractivity contribution < 1.29 is 5.11 Å². The molecule has 2 N–H and O–H groups in total. The van der Waals surface area contributed by atoms with Crippen LogP contribution in [0.3, 0.4) is 0 Å². The number of benzene rings is 1. The lowest BCUT2D eigenvalue weighted by Gasteiger charge is -2.17. The Hall–Kier alpha value is -1.46. The van der Waals surface area contributed by atoms with Gasteiger partial charge in [0.2, 0.25) is 0 Å². The van der Waals surface area contributed by atoms with E-state index in [1.54, 1.807) is 0 Å². The van der Waals surface area contributed by atoms with Crippen LogP contribution < -0.4 is 5.32 Å². The zero-order chi connectivity index (χ0) is 13.7. The minimum absolute atomic E-state index is 0.00704. The third-order valence-electron chi connectivity index (χ3n) is 2.76. The van der Waals surface area contributed by atoms with E-state index in [1.165, 1.54) is 0 Å². The second-order valence-corrected chi connectivity index (χ2v) is 4.95. The molecule has 100 valence electrons. The highest BCUT2D eigenvalue weighted by Crippen LogP contribution is 2.20. The number of rotatable bonds is 5. The van der Waals surface area contributed by atoms with Gasteiger partial charge in [0.1, 0.15) is 16.2 Å². The molecule has 1 aromatic heterocycles. The van der Waals surface area contributed by atoms with Crippen molar-refractivity contribution in [3.05, 3.63) is 52.4 Å². The van der Waals surface area contributed by atoms with Gasteiger partial charge in [0.15, 0.2) is 0 Å². The standard InChI is InChI=1S/C14H16BrN3O/c1-2-13-17-12(15)8-14(18-13)16-11(9-19)10-6-4-3-5-7-10/h3-8,11,19H,2,9H2,1H3,(H,16,17,18). The predicted molar refractivity (Wildman–Crippen MR) is 79.0 cm³/mol. The first kappa shape index (κ1) is 14.0. The summed E-state index contributed by atoms with van der Waals surface area (Å²) in [6, 6.07) is 11.4. The van der Waals surface area contributed by atoms with Crippen LogP contribution in [0.15, 0.2) is 41.0 Å². The molecule has 1 unspecified atom stereocenters. The SMILES string of the molecule is CCc1nc(Br)cc(NC(CO)c2ccccc2)n1. The molecule has 0 bridgehead atoms. The number of aromatic nitrogens is 2. The first-order valence-corrected chi connectivity index (χ1v) is 6.98. The Morgan fingerprint density at radius 3 is 2.63 bits per heavy atom. The smallest absolute Gasteiger partial charge is 0.131 e. The quantitative estimate of drug-likeness (QED) is 0.831. The van der Waals surface area contributed by atoms with Crippen molar-refractivity contribution in [1.82, 2.24) is 9.97 Å². The molecule has 0 radical (unpaired) electrons. The number of aliphatic hydroxyl groups is 1. The molecular formula is C14H16BrN3O. The molecule has 1 heterocycles. The highest BCUT2D eigenvalue weighted by molar-refractivity contribution is 9.10. The Balaban J connectivity index is 2.21. The largest absolute Gasteiger partial charge is 0.394 e. The second kappa shape index (κ2) is 6.63. The molecule has 2 rings (SSSR count). The van der Waals surface area contributed by atoms with Crippen molar-refractivity contribution in [2.75, 3.05) is 11.9 Å². The van der Waals surface area contributed by atoms with Crippen LogP contribution in [0, 0.1) is 0 Å². The van der Waals surface area contributed by atoms with Crippen molar-refractivity contribution in [3.63, 3.8) is 0 Å². The normalized spacial score (nSPS) is 12.2. The fourth-order valence-corrected chi connectivity index (χ4v) is 2.22. The zero-order valence-corrected chi connectivity index (χ0v) is 12.3. The Labute approximate surface area is 121 Å². The zero-order valence-electron chi connectivity index (χ0n) is 10.7. The number of aryl methyl sites for hydroxylation is 1. The van der Waals surface area contributed by atoms with E-state index in [0.29, 0.717) is 5.82 Å². The van der Waals surface area contributed by atoms with Crippen molar-refractivity contribution in [2.24, 2.45) is 0 Å². The van der Waals surface area contributed by atoms with Crippen molar-refractivity contribution >= 4 is 21.7 Å². The molecule has 4 nitrogen and oxygen atoms in total. The predicted octanol–water partition coefficient (Wildman–Crippen LogP) is 2.95. The topological polar surface area (TPSA) is 58.0 Å². The fourth-order valence-electron chi connectivity index (χ4n) is 1.79. The molecule has 19 heavy (non-hydrogen) atoms. The highest BCUT2D eigenvalue weighted by atomic mass is 79.9. The molecule has 0 fully saturated rings. The summed E-state index contributed by atoms with van der Waals surface area (Å²) < 4.78 is 0.742. The van der Waals surface area contributed by atoms with Crippen molar-refractivity contribution in [1.29, 1.82) is 0 Å². The number of nitrogens with zero attached hydrogens (tertiary/aromatic N) is 2. The van der Waals surface area contributed by atoms with Gasteiger partial charge in [0, 0.05) is 12.5 Å². The first-order chi connectivity index (χ1) is 9.22. The van der Waals surface area contributed by atoms with Crippen LogP contribution in [0.4, 0.5) is 5.82 Å². The van der Waals surface area contributed by atoms with E-state index in [9.17, 15) is 5.11 Å². The summed E-state index contributed by atoms with van der Waals surface area (Å²) in [6.45, 7) is 2.01. The van der Waals surface area contributed by atoms with Crippen LogP contribution >= 0.6 is 15.9 Å². The van der Waals surface area contributed by atoms with E-state index in [1.807, 2.05) is 43.3 Å². The molecule has 0 saturated heterocycles. The van der Waals surface area contributed by atoms with E-state index in [4.69, 9.17) is 0 Å². The van der Waals surface area contributed by atoms with Gasteiger partial charge in [-0.1, -0.05) is 37.3 Å². The summed E-state index contributed by atoms with van der Waals surface area (Å²) in [5, 5.41) is 12.7. The number of anilines is 1. The van der Waals surface area contributed by atoms with Gasteiger partial charge in [-0.05, 0) is 21.5 Å². The summed E-state index contributed by atoms with van der Waals surface area (Å²) in [5.74, 6) is 1.48. The maximum Gasteiger partial charge on any atom is 0.131 e. The van der Waals surface area contributed by atoms with E-state index in [2.05, 4.69) is 31.2 Å². The van der Waals surface area contributed by atoms with E-state index >= 15 is 0 Å². The minimum Gasteiger partial charge on any atom is -0.394 e. The molecule has 0 aliphatic heterocycles. The Morgan fingerprint density at radius 2 is 2.00 bits per heavy atom. The third-order valence-corrected chi connectivity index (χ3v) is 3.17. The van der Waals surface area contributed by atoms with E-state index in [-0.39, 0.29) is 12.6 Å². The van der Waals surface area contributed by atoms with Crippen LogP contribution in [0.2, 0.25) is 0 Å². The maximum atomic E-state index is 9.52. The van der Waals surface area contributed by atoms with E-state index < -0.39 is 0 Å². The molecule has 1 atom stereocenters. The molecular weight excluding hydrogens is 306 g/mol. The molecule has 1 aromatic carbocycles. The fraction of sp³-hybridized carbons (Fsp3) is 0.286. The average molecular weight is 322 g/mol. The third kappa shape index (κ3) is 3.75. The lowest BCUT2D eigenvalue weighted by Crippen LogP contribution is -2.16. The van der Waals surface area contributed by atoms with Crippen LogP contribution in [0.1, 0.15) is 24.4 Å². The van der Waals surface area contributed by atoms with Gasteiger partial charge in [-0.3, -0.25) is 0 Å². The highest BCUT2D eigenvalue weighted by Gasteiger charge is 2.11. The molecule has 0 spiro atoms. The van der Waals surface area contributed by atoms with Gasteiger partial charge in [-0.25, -0.2) is 9.97 Å². The number of halogens is 1. The Morgan fingerprint density at radius 1 is 1.26 bits per heavy atom. The Kier molecular flexibility index (Phi) is 4.87. The summed E-state index contributed by atoms with van der Waals surface area (Å²) in [6.07, 6.45) is 0.767. The van der Waals surface area contributed by atoms with Gasteiger partial charge < -0.3 is 10.4 Å². The first-order valence-electron chi connectivity index (χ1n) is 6.18. The Bertz CT molecular complexity index is 533. The van der Waals surface area contributed by atoms with E-state index in [0.717, 1.165) is 22.4 Å².